The molecule has 1 aromatic rings. The summed E-state index contributed by atoms with van der Waals surface area (Å²) in [6.45, 7) is 1.63. The zero-order valence-corrected chi connectivity index (χ0v) is 10.6. The molecular formula is C14H19NO3. The molecule has 4 nitrogen and oxygen atoms in total. The topological polar surface area (TPSA) is 41.9 Å². The van der Waals surface area contributed by atoms with E-state index in [0.717, 1.165) is 30.9 Å². The fourth-order valence-electron chi connectivity index (χ4n) is 3.07. The Balaban J connectivity index is 1.91. The number of benzene rings is 1. The van der Waals surface area contributed by atoms with E-state index in [1.54, 1.807) is 0 Å². The highest BCUT2D eigenvalue weighted by molar-refractivity contribution is 5.45. The van der Waals surface area contributed by atoms with E-state index in [2.05, 4.69) is 24.1 Å². The van der Waals surface area contributed by atoms with Gasteiger partial charge in [-0.3, -0.25) is 4.90 Å². The Labute approximate surface area is 107 Å². The minimum atomic E-state index is 0.240. The second-order valence-electron chi connectivity index (χ2n) is 5.12. The van der Waals surface area contributed by atoms with Crippen LogP contribution in [-0.4, -0.2) is 37.0 Å². The van der Waals surface area contributed by atoms with Gasteiger partial charge >= 0.3 is 0 Å². The van der Waals surface area contributed by atoms with Gasteiger partial charge in [0.25, 0.3) is 0 Å². The SMILES string of the molecule is CN1CCC[C@@H](CO)[C@@H]1c1ccc2c(c1)OCO2. The van der Waals surface area contributed by atoms with Gasteiger partial charge in [-0.2, -0.15) is 0 Å². The maximum atomic E-state index is 9.55. The van der Waals surface area contributed by atoms with Crippen LogP contribution >= 0.6 is 0 Å². The Bertz CT molecular complexity index is 435. The maximum Gasteiger partial charge on any atom is 0.231 e. The molecule has 2 aliphatic heterocycles. The van der Waals surface area contributed by atoms with Crippen LogP contribution in [0.25, 0.3) is 0 Å². The van der Waals surface area contributed by atoms with Crippen molar-refractivity contribution in [1.29, 1.82) is 0 Å². The average molecular weight is 249 g/mol. The molecule has 2 heterocycles. The van der Waals surface area contributed by atoms with Crippen molar-refractivity contribution >= 4 is 0 Å². The number of ether oxygens (including phenoxy) is 2. The zero-order chi connectivity index (χ0) is 12.5. The predicted molar refractivity (Wildman–Crippen MR) is 67.7 cm³/mol. The highest BCUT2D eigenvalue weighted by Crippen LogP contribution is 2.40. The highest BCUT2D eigenvalue weighted by atomic mass is 16.7. The molecule has 18 heavy (non-hydrogen) atoms. The summed E-state index contributed by atoms with van der Waals surface area (Å²) in [6.07, 6.45) is 2.24. The van der Waals surface area contributed by atoms with Gasteiger partial charge in [0, 0.05) is 18.6 Å². The summed E-state index contributed by atoms with van der Waals surface area (Å²) >= 11 is 0. The number of fused-ring (bicyclic) bond motifs is 1. The Morgan fingerprint density at radius 3 is 3.00 bits per heavy atom. The number of aliphatic hydroxyl groups is 1. The number of aliphatic hydroxyl groups excluding tert-OH is 1. The van der Waals surface area contributed by atoms with Crippen LogP contribution in [0.4, 0.5) is 0 Å². The molecule has 1 aromatic carbocycles. The second kappa shape index (κ2) is 4.78. The van der Waals surface area contributed by atoms with Gasteiger partial charge in [0.2, 0.25) is 6.79 Å². The number of piperidine rings is 1. The van der Waals surface area contributed by atoms with E-state index >= 15 is 0 Å². The Morgan fingerprint density at radius 2 is 2.17 bits per heavy atom. The van der Waals surface area contributed by atoms with Crippen LogP contribution in [0.15, 0.2) is 18.2 Å². The molecule has 0 saturated carbocycles. The molecule has 0 amide bonds. The smallest absolute Gasteiger partial charge is 0.231 e. The average Bonchev–Trinajstić information content (AvgIpc) is 2.85. The van der Waals surface area contributed by atoms with E-state index in [9.17, 15) is 5.11 Å². The molecule has 3 rings (SSSR count). The molecule has 2 atom stereocenters. The van der Waals surface area contributed by atoms with Crippen molar-refractivity contribution in [3.05, 3.63) is 23.8 Å². The molecule has 0 bridgehead atoms. The van der Waals surface area contributed by atoms with Crippen molar-refractivity contribution in [2.24, 2.45) is 5.92 Å². The summed E-state index contributed by atoms with van der Waals surface area (Å²) in [7, 11) is 2.12. The van der Waals surface area contributed by atoms with E-state index in [0.29, 0.717) is 12.7 Å². The first kappa shape index (κ1) is 11.8. The van der Waals surface area contributed by atoms with Gasteiger partial charge in [-0.05, 0) is 44.1 Å². The fourth-order valence-corrected chi connectivity index (χ4v) is 3.07. The largest absolute Gasteiger partial charge is 0.454 e. The third-order valence-corrected chi connectivity index (χ3v) is 3.98. The Morgan fingerprint density at radius 1 is 1.33 bits per heavy atom. The van der Waals surface area contributed by atoms with Gasteiger partial charge in [-0.1, -0.05) is 6.07 Å². The number of nitrogens with zero attached hydrogens (tertiary/aromatic N) is 1. The van der Waals surface area contributed by atoms with Gasteiger partial charge < -0.3 is 14.6 Å². The van der Waals surface area contributed by atoms with E-state index in [4.69, 9.17) is 9.47 Å². The van der Waals surface area contributed by atoms with Crippen LogP contribution in [-0.2, 0) is 0 Å². The van der Waals surface area contributed by atoms with E-state index in [1.165, 1.54) is 5.56 Å². The van der Waals surface area contributed by atoms with Crippen LogP contribution < -0.4 is 9.47 Å². The van der Waals surface area contributed by atoms with Crippen LogP contribution in [0.1, 0.15) is 24.4 Å². The minimum absolute atomic E-state index is 0.240. The molecule has 0 aromatic heterocycles. The van der Waals surface area contributed by atoms with Gasteiger partial charge in [0.15, 0.2) is 11.5 Å². The Kier molecular flexibility index (Phi) is 3.14. The quantitative estimate of drug-likeness (QED) is 0.867. The van der Waals surface area contributed by atoms with Gasteiger partial charge in [0.1, 0.15) is 0 Å². The third-order valence-electron chi connectivity index (χ3n) is 3.98. The Hall–Kier alpha value is -1.26. The summed E-state index contributed by atoms with van der Waals surface area (Å²) < 4.78 is 10.8. The van der Waals surface area contributed by atoms with Crippen LogP contribution in [0.5, 0.6) is 11.5 Å². The second-order valence-corrected chi connectivity index (χ2v) is 5.12. The summed E-state index contributed by atoms with van der Waals surface area (Å²) in [4.78, 5) is 2.32. The lowest BCUT2D eigenvalue weighted by Crippen LogP contribution is -2.37. The predicted octanol–water partition coefficient (Wildman–Crippen LogP) is 1.79. The van der Waals surface area contributed by atoms with Crippen LogP contribution in [0.3, 0.4) is 0 Å². The van der Waals surface area contributed by atoms with Crippen LogP contribution in [0, 0.1) is 5.92 Å². The van der Waals surface area contributed by atoms with Crippen molar-refractivity contribution in [1.82, 2.24) is 4.90 Å². The number of hydrogen-bond acceptors (Lipinski definition) is 4. The molecular weight excluding hydrogens is 230 g/mol. The lowest BCUT2D eigenvalue weighted by Gasteiger charge is -2.38. The molecule has 0 aliphatic carbocycles. The molecule has 2 aliphatic rings. The van der Waals surface area contributed by atoms with E-state index < -0.39 is 0 Å². The summed E-state index contributed by atoms with van der Waals surface area (Å²) in [5, 5.41) is 9.55. The van der Waals surface area contributed by atoms with Crippen molar-refractivity contribution < 1.29 is 14.6 Å². The number of hydrogen-bond donors (Lipinski definition) is 1. The monoisotopic (exact) mass is 249 g/mol. The molecule has 98 valence electrons. The normalized spacial score (nSPS) is 27.4. The van der Waals surface area contributed by atoms with Crippen LogP contribution in [0.2, 0.25) is 0 Å². The molecule has 1 fully saturated rings. The molecule has 0 radical (unpaired) electrons. The van der Waals surface area contributed by atoms with Crippen molar-refractivity contribution in [2.75, 3.05) is 27.0 Å². The van der Waals surface area contributed by atoms with Gasteiger partial charge in [0.05, 0.1) is 0 Å². The standard InChI is InChI=1S/C14H19NO3/c1-15-6-2-3-11(8-16)14(15)10-4-5-12-13(7-10)18-9-17-12/h4-5,7,11,14,16H,2-3,6,8-9H2,1H3/t11-,14-/m0/s1. The molecule has 1 saturated heterocycles. The minimum Gasteiger partial charge on any atom is -0.454 e. The van der Waals surface area contributed by atoms with Gasteiger partial charge in [-0.15, -0.1) is 0 Å². The molecule has 0 unspecified atom stereocenters. The lowest BCUT2D eigenvalue weighted by atomic mass is 9.85. The van der Waals surface area contributed by atoms with Gasteiger partial charge in [-0.25, -0.2) is 0 Å². The molecule has 1 N–H and O–H groups in total. The first-order valence-electron chi connectivity index (χ1n) is 6.50. The van der Waals surface area contributed by atoms with Crippen molar-refractivity contribution in [2.45, 2.75) is 18.9 Å². The summed E-state index contributed by atoms with van der Waals surface area (Å²) in [5.41, 5.74) is 1.21. The van der Waals surface area contributed by atoms with Crippen molar-refractivity contribution in [3.63, 3.8) is 0 Å². The van der Waals surface area contributed by atoms with E-state index in [-0.39, 0.29) is 12.6 Å². The molecule has 0 spiro atoms. The third kappa shape index (κ3) is 1.95. The van der Waals surface area contributed by atoms with E-state index in [1.807, 2.05) is 6.07 Å². The van der Waals surface area contributed by atoms with Crippen molar-refractivity contribution in [3.8, 4) is 11.5 Å². The number of rotatable bonds is 2. The zero-order valence-electron chi connectivity index (χ0n) is 10.6. The summed E-state index contributed by atoms with van der Waals surface area (Å²) in [5.74, 6) is 1.95. The summed E-state index contributed by atoms with van der Waals surface area (Å²) in [6, 6.07) is 6.38. The first-order chi connectivity index (χ1) is 8.79. The molecule has 4 heteroatoms. The maximum absolute atomic E-state index is 9.55. The first-order valence-corrected chi connectivity index (χ1v) is 6.50. The lowest BCUT2D eigenvalue weighted by molar-refractivity contribution is 0.0741. The number of likely N-dealkylation sites (tertiary alicyclic amines) is 1. The fraction of sp³-hybridized carbons (Fsp3) is 0.571. The highest BCUT2D eigenvalue weighted by Gasteiger charge is 2.31.